The highest BCUT2D eigenvalue weighted by molar-refractivity contribution is 6.10. The molecule has 2 aliphatic rings. The normalized spacial score (nSPS) is 20.3. The molecule has 1 spiro atoms. The summed E-state index contributed by atoms with van der Waals surface area (Å²) in [5.41, 5.74) is 4.98. The number of carbonyl (C=O) groups is 3. The fraction of sp³-hybridized carbons (Fsp3) is 0.325. The van der Waals surface area contributed by atoms with Crippen LogP contribution in [0.4, 0.5) is 11.4 Å². The average Bonchev–Trinajstić information content (AvgIpc) is 3.28. The minimum absolute atomic E-state index is 0.0242. The Balaban J connectivity index is 1.14. The Hall–Kier alpha value is -4.79. The Morgan fingerprint density at radius 3 is 2.35 bits per heavy atom. The summed E-state index contributed by atoms with van der Waals surface area (Å²) < 4.78 is 0. The van der Waals surface area contributed by atoms with Crippen LogP contribution in [0, 0.1) is 11.3 Å². The topological polar surface area (TPSA) is 102 Å². The third kappa shape index (κ3) is 7.20. The lowest BCUT2D eigenvalue weighted by molar-refractivity contribution is -0.123. The fourth-order valence-corrected chi connectivity index (χ4v) is 7.35. The van der Waals surface area contributed by atoms with E-state index < -0.39 is 11.5 Å². The van der Waals surface area contributed by atoms with Gasteiger partial charge in [0.1, 0.15) is 0 Å². The average molecular weight is 645 g/mol. The first-order chi connectivity index (χ1) is 23.2. The number of anilines is 2. The Labute approximate surface area is 282 Å². The second kappa shape index (κ2) is 14.5. The number of carbonyl (C=O) groups excluding carboxylic acids is 3. The predicted octanol–water partition coefficient (Wildman–Crippen LogP) is 6.02. The molecule has 1 fully saturated rings. The molecule has 4 aromatic carbocycles. The van der Waals surface area contributed by atoms with Crippen molar-refractivity contribution in [2.24, 2.45) is 11.3 Å². The monoisotopic (exact) mass is 644 g/mol. The molecule has 0 radical (unpaired) electrons. The first-order valence-electron chi connectivity index (χ1n) is 16.8. The molecule has 1 saturated carbocycles. The molecule has 48 heavy (non-hydrogen) atoms. The van der Waals surface area contributed by atoms with Crippen molar-refractivity contribution in [2.75, 3.05) is 43.9 Å². The van der Waals surface area contributed by atoms with Gasteiger partial charge in [-0.25, -0.2) is 0 Å². The highest BCUT2D eigenvalue weighted by Gasteiger charge is 2.49. The van der Waals surface area contributed by atoms with E-state index in [-0.39, 0.29) is 23.6 Å². The summed E-state index contributed by atoms with van der Waals surface area (Å²) in [4.78, 5) is 43.9. The van der Waals surface area contributed by atoms with Crippen LogP contribution in [0.5, 0.6) is 0 Å². The first-order valence-corrected chi connectivity index (χ1v) is 16.8. The number of aliphatic hydroxyl groups is 1. The van der Waals surface area contributed by atoms with Crippen LogP contribution in [0.25, 0.3) is 11.1 Å². The van der Waals surface area contributed by atoms with E-state index in [9.17, 15) is 19.5 Å². The Bertz CT molecular complexity index is 1760. The van der Waals surface area contributed by atoms with Gasteiger partial charge in [-0.15, -0.1) is 0 Å². The van der Waals surface area contributed by atoms with Crippen LogP contribution in [0.15, 0.2) is 103 Å². The maximum absolute atomic E-state index is 14.0. The molecule has 0 bridgehead atoms. The van der Waals surface area contributed by atoms with E-state index in [2.05, 4.69) is 10.6 Å². The molecule has 1 aliphatic carbocycles. The van der Waals surface area contributed by atoms with Crippen molar-refractivity contribution in [1.29, 1.82) is 0 Å². The van der Waals surface area contributed by atoms with E-state index in [1.54, 1.807) is 24.3 Å². The molecule has 3 N–H and O–H groups in total. The summed E-state index contributed by atoms with van der Waals surface area (Å²) in [6.45, 7) is 1.81. The Kier molecular flexibility index (Phi) is 10.0. The number of amides is 3. The van der Waals surface area contributed by atoms with Crippen molar-refractivity contribution in [3.8, 4) is 11.1 Å². The van der Waals surface area contributed by atoms with E-state index in [0.717, 1.165) is 41.8 Å². The highest BCUT2D eigenvalue weighted by Crippen LogP contribution is 2.50. The third-order valence-corrected chi connectivity index (χ3v) is 9.97. The van der Waals surface area contributed by atoms with Gasteiger partial charge in [-0.1, -0.05) is 66.7 Å². The number of aliphatic hydroxyl groups excluding tert-OH is 1. The number of benzene rings is 4. The molecule has 0 saturated heterocycles. The number of hydrogen-bond acceptors (Lipinski definition) is 5. The molecule has 8 nitrogen and oxygen atoms in total. The maximum atomic E-state index is 14.0. The van der Waals surface area contributed by atoms with Gasteiger partial charge < -0.3 is 25.5 Å². The lowest BCUT2D eigenvalue weighted by atomic mass is 9.74. The summed E-state index contributed by atoms with van der Waals surface area (Å²) in [6, 6.07) is 32.3. The van der Waals surface area contributed by atoms with Crippen LogP contribution in [0.3, 0.4) is 0 Å². The van der Waals surface area contributed by atoms with Gasteiger partial charge in [0.25, 0.3) is 11.8 Å². The summed E-state index contributed by atoms with van der Waals surface area (Å²) in [5.74, 6) is -0.485. The van der Waals surface area contributed by atoms with Crippen molar-refractivity contribution in [3.63, 3.8) is 0 Å². The van der Waals surface area contributed by atoms with Crippen molar-refractivity contribution < 1.29 is 19.5 Å². The standard InChI is InChI=1S/C40H44N4O4/c1-43(2)25-23-41-36(45)26-30-20-21-40(37(30)46)22-24-44(35-15-9-6-12-31(35)27-40)39(48)29-16-18-32(19-17-29)42-38(47)34-14-8-7-13-33(34)28-10-4-3-5-11-28/h3-19,30,37,46H,20-27H2,1-2H3,(H,41,45)(H,42,47). The van der Waals surface area contributed by atoms with Gasteiger partial charge in [-0.3, -0.25) is 14.4 Å². The van der Waals surface area contributed by atoms with Gasteiger partial charge >= 0.3 is 0 Å². The molecule has 1 aliphatic heterocycles. The maximum Gasteiger partial charge on any atom is 0.258 e. The van der Waals surface area contributed by atoms with Gasteiger partial charge in [-0.05, 0) is 98.8 Å². The van der Waals surface area contributed by atoms with E-state index in [4.69, 9.17) is 0 Å². The molecule has 1 heterocycles. The van der Waals surface area contributed by atoms with E-state index in [0.29, 0.717) is 49.2 Å². The number of para-hydroxylation sites is 1. The van der Waals surface area contributed by atoms with Crippen LogP contribution >= 0.6 is 0 Å². The Morgan fingerprint density at radius 1 is 0.875 bits per heavy atom. The number of hydrogen-bond donors (Lipinski definition) is 3. The zero-order chi connectivity index (χ0) is 33.7. The number of likely N-dealkylation sites (N-methyl/N-ethyl adjacent to an activating group) is 1. The number of fused-ring (bicyclic) bond motifs is 1. The van der Waals surface area contributed by atoms with E-state index >= 15 is 0 Å². The van der Waals surface area contributed by atoms with E-state index in [1.165, 1.54) is 0 Å². The lowest BCUT2D eigenvalue weighted by Crippen LogP contribution is -2.39. The van der Waals surface area contributed by atoms with Gasteiger partial charge in [0.05, 0.1) is 6.10 Å². The van der Waals surface area contributed by atoms with Crippen molar-refractivity contribution in [3.05, 3.63) is 120 Å². The van der Waals surface area contributed by atoms with Crippen LogP contribution in [-0.4, -0.2) is 67.6 Å². The minimum Gasteiger partial charge on any atom is -0.392 e. The molecule has 3 amide bonds. The quantitative estimate of drug-likeness (QED) is 0.207. The van der Waals surface area contributed by atoms with Crippen LogP contribution in [0.1, 0.15) is 52.0 Å². The van der Waals surface area contributed by atoms with Crippen molar-refractivity contribution >= 4 is 29.1 Å². The molecule has 4 aromatic rings. The van der Waals surface area contributed by atoms with Crippen molar-refractivity contribution in [2.45, 2.75) is 38.2 Å². The van der Waals surface area contributed by atoms with Crippen LogP contribution in [-0.2, 0) is 11.2 Å². The smallest absolute Gasteiger partial charge is 0.258 e. The van der Waals surface area contributed by atoms with E-state index in [1.807, 2.05) is 103 Å². The molecule has 3 atom stereocenters. The molecular formula is C40H44N4O4. The number of rotatable bonds is 9. The molecule has 8 heteroatoms. The second-order valence-corrected chi connectivity index (χ2v) is 13.4. The molecule has 6 rings (SSSR count). The van der Waals surface area contributed by atoms with Gasteiger partial charge in [-0.2, -0.15) is 0 Å². The Morgan fingerprint density at radius 2 is 1.58 bits per heavy atom. The summed E-state index contributed by atoms with van der Waals surface area (Å²) in [7, 11) is 3.94. The third-order valence-electron chi connectivity index (χ3n) is 9.97. The van der Waals surface area contributed by atoms with Crippen LogP contribution in [0.2, 0.25) is 0 Å². The summed E-state index contributed by atoms with van der Waals surface area (Å²) in [5, 5.41) is 17.6. The van der Waals surface area contributed by atoms with Crippen LogP contribution < -0.4 is 15.5 Å². The van der Waals surface area contributed by atoms with Crippen molar-refractivity contribution in [1.82, 2.24) is 10.2 Å². The SMILES string of the molecule is CN(C)CCNC(=O)CC1CCC2(CCN(C(=O)c3ccc(NC(=O)c4ccccc4-c4ccccc4)cc3)c3ccccc3C2)C1O. The molecular weight excluding hydrogens is 600 g/mol. The first kappa shape index (κ1) is 33.1. The number of nitrogens with one attached hydrogen (secondary N) is 2. The molecule has 248 valence electrons. The van der Waals surface area contributed by atoms with Gasteiger partial charge in [0.15, 0.2) is 0 Å². The highest BCUT2D eigenvalue weighted by atomic mass is 16.3. The zero-order valence-corrected chi connectivity index (χ0v) is 27.7. The lowest BCUT2D eigenvalue weighted by Gasteiger charge is -2.33. The zero-order valence-electron chi connectivity index (χ0n) is 27.7. The number of nitrogens with zero attached hydrogens (tertiary/aromatic N) is 2. The molecule has 3 unspecified atom stereocenters. The largest absolute Gasteiger partial charge is 0.392 e. The predicted molar refractivity (Wildman–Crippen MR) is 190 cm³/mol. The minimum atomic E-state index is -0.630. The van der Waals surface area contributed by atoms with Gasteiger partial charge in [0.2, 0.25) is 5.91 Å². The van der Waals surface area contributed by atoms with Gasteiger partial charge in [0, 0.05) is 54.0 Å². The summed E-state index contributed by atoms with van der Waals surface area (Å²) >= 11 is 0. The second-order valence-electron chi connectivity index (χ2n) is 13.4. The summed E-state index contributed by atoms with van der Waals surface area (Å²) in [6.07, 6.45) is 2.56. The molecule has 0 aromatic heterocycles. The fourth-order valence-electron chi connectivity index (χ4n) is 7.35.